The molecule has 0 atom stereocenters. The van der Waals surface area contributed by atoms with Gasteiger partial charge in [-0.25, -0.2) is 9.59 Å². The van der Waals surface area contributed by atoms with Gasteiger partial charge < -0.3 is 43.5 Å². The number of rotatable bonds is 10. The Hall–Kier alpha value is -3.86. The lowest BCUT2D eigenvalue weighted by Gasteiger charge is -2.33. The number of phenolic OH excluding ortho intramolecular Hbond substituents is 1. The zero-order chi connectivity index (χ0) is 36.0. The van der Waals surface area contributed by atoms with Gasteiger partial charge in [0, 0.05) is 58.4 Å². The smallest absolute Gasteiger partial charge is 0.410 e. The molecule has 2 aliphatic rings. The van der Waals surface area contributed by atoms with Crippen molar-refractivity contribution >= 4 is 12.2 Å². The summed E-state index contributed by atoms with van der Waals surface area (Å²) in [4.78, 5) is 29.9. The maximum atomic E-state index is 12.1. The summed E-state index contributed by atoms with van der Waals surface area (Å²) in [5.74, 6) is 2.66. The molecule has 2 amide bonds. The molecular formula is C38H59N3O8. The van der Waals surface area contributed by atoms with Gasteiger partial charge >= 0.3 is 12.2 Å². The molecule has 0 aliphatic carbocycles. The maximum Gasteiger partial charge on any atom is 0.410 e. The van der Waals surface area contributed by atoms with E-state index in [9.17, 15) is 14.7 Å². The Labute approximate surface area is 293 Å². The van der Waals surface area contributed by atoms with Crippen molar-refractivity contribution in [3.05, 3.63) is 48.5 Å². The quantitative estimate of drug-likeness (QED) is 0.274. The van der Waals surface area contributed by atoms with Gasteiger partial charge in [-0.1, -0.05) is 13.8 Å². The van der Waals surface area contributed by atoms with Crippen molar-refractivity contribution in [3.8, 4) is 23.0 Å². The number of ether oxygens (including phenoxy) is 5. The minimum Gasteiger partial charge on any atom is -0.508 e. The van der Waals surface area contributed by atoms with Gasteiger partial charge in [0.25, 0.3) is 0 Å². The number of carbonyl (C=O) groups is 2. The largest absolute Gasteiger partial charge is 0.508 e. The number of carbonyl (C=O) groups excluding carboxylic acids is 2. The highest BCUT2D eigenvalue weighted by Gasteiger charge is 2.29. The Balaban J connectivity index is 0.000000276. The van der Waals surface area contributed by atoms with E-state index in [-0.39, 0.29) is 30.1 Å². The second-order valence-corrected chi connectivity index (χ2v) is 14.4. The lowest BCUT2D eigenvalue weighted by Crippen LogP contribution is -2.44. The fraction of sp³-hybridized carbons (Fsp3) is 0.632. The first-order valence-corrected chi connectivity index (χ1v) is 17.7. The van der Waals surface area contributed by atoms with E-state index in [0.717, 1.165) is 62.6 Å². The zero-order valence-corrected chi connectivity index (χ0v) is 30.9. The fourth-order valence-electron chi connectivity index (χ4n) is 5.32. The summed E-state index contributed by atoms with van der Waals surface area (Å²) in [5, 5.41) is 9.24. The summed E-state index contributed by atoms with van der Waals surface area (Å²) < 4.78 is 28.5. The van der Waals surface area contributed by atoms with Crippen LogP contribution >= 0.6 is 0 Å². The van der Waals surface area contributed by atoms with Crippen molar-refractivity contribution in [1.29, 1.82) is 0 Å². The van der Waals surface area contributed by atoms with E-state index in [4.69, 9.17) is 23.7 Å². The van der Waals surface area contributed by atoms with Crippen LogP contribution in [0.1, 0.15) is 81.1 Å². The average molecular weight is 686 g/mol. The Morgan fingerprint density at radius 2 is 1.04 bits per heavy atom. The molecule has 0 radical (unpaired) electrons. The molecule has 0 aromatic heterocycles. The van der Waals surface area contributed by atoms with Crippen molar-refractivity contribution in [2.45, 2.75) is 104 Å². The Bertz CT molecular complexity index is 1250. The molecule has 2 heterocycles. The van der Waals surface area contributed by atoms with E-state index in [2.05, 4.69) is 18.7 Å². The predicted octanol–water partition coefficient (Wildman–Crippen LogP) is 7.36. The van der Waals surface area contributed by atoms with Crippen LogP contribution in [-0.4, -0.2) is 108 Å². The lowest BCUT2D eigenvalue weighted by atomic mass is 10.1. The number of aromatic hydroxyl groups is 1. The second-order valence-electron chi connectivity index (χ2n) is 14.4. The molecule has 1 N–H and O–H groups in total. The molecule has 0 spiro atoms. The number of likely N-dealkylation sites (N-methyl/N-ethyl adjacent to an activating group) is 1. The van der Waals surface area contributed by atoms with Crippen LogP contribution in [-0.2, 0) is 9.47 Å². The lowest BCUT2D eigenvalue weighted by molar-refractivity contribution is 0.0115. The number of hydrogen-bond acceptors (Lipinski definition) is 9. The van der Waals surface area contributed by atoms with Gasteiger partial charge in [0.1, 0.15) is 53.0 Å². The first kappa shape index (κ1) is 39.6. The van der Waals surface area contributed by atoms with Crippen LogP contribution in [0.4, 0.5) is 9.59 Å². The average Bonchev–Trinajstić information content (AvgIpc) is 3.04. The number of phenols is 1. The zero-order valence-electron chi connectivity index (χ0n) is 30.9. The van der Waals surface area contributed by atoms with E-state index < -0.39 is 11.2 Å². The summed E-state index contributed by atoms with van der Waals surface area (Å²) in [6, 6.07) is 14.5. The van der Waals surface area contributed by atoms with Gasteiger partial charge in [-0.2, -0.15) is 0 Å². The summed E-state index contributed by atoms with van der Waals surface area (Å²) in [6.45, 7) is 21.9. The Morgan fingerprint density at radius 3 is 1.41 bits per heavy atom. The van der Waals surface area contributed by atoms with E-state index in [1.807, 2.05) is 65.8 Å². The van der Waals surface area contributed by atoms with Crippen molar-refractivity contribution in [1.82, 2.24) is 14.7 Å². The van der Waals surface area contributed by atoms with Gasteiger partial charge in [0.15, 0.2) is 0 Å². The van der Waals surface area contributed by atoms with Crippen LogP contribution in [0, 0.1) is 0 Å². The number of nitrogens with zero attached hydrogens (tertiary/aromatic N) is 3. The third-order valence-corrected chi connectivity index (χ3v) is 8.02. The summed E-state index contributed by atoms with van der Waals surface area (Å²) in [6.07, 6.45) is 2.88. The molecule has 4 rings (SSSR count). The molecule has 11 heteroatoms. The van der Waals surface area contributed by atoms with E-state index >= 15 is 0 Å². The standard InChI is InChI=1S/C22H36N2O4.C16H23NO4/c1-6-23(7-2)16-17-26-18-8-10-19(11-9-18)27-20-12-14-24(15-13-20)21(25)28-22(3,4)5;1-16(2,3)21-15(19)17-10-8-14(9-11-17)20-13-6-4-12(18)5-7-13/h8-11,20H,6-7,12-17H2,1-5H3;4-7,14,18H,8-11H2,1-3H3. The molecule has 0 unspecified atom stereocenters. The monoisotopic (exact) mass is 685 g/mol. The van der Waals surface area contributed by atoms with Crippen LogP contribution in [0.3, 0.4) is 0 Å². The molecule has 0 saturated carbocycles. The van der Waals surface area contributed by atoms with Crippen LogP contribution in [0.2, 0.25) is 0 Å². The van der Waals surface area contributed by atoms with Crippen LogP contribution < -0.4 is 14.2 Å². The number of piperidine rings is 2. The molecule has 274 valence electrons. The topological polar surface area (TPSA) is 110 Å². The van der Waals surface area contributed by atoms with Crippen molar-refractivity contribution in [3.63, 3.8) is 0 Å². The van der Waals surface area contributed by atoms with Crippen molar-refractivity contribution in [2.75, 3.05) is 52.4 Å². The molecule has 2 saturated heterocycles. The number of hydrogen-bond donors (Lipinski definition) is 1. The first-order valence-electron chi connectivity index (χ1n) is 17.7. The normalized spacial score (nSPS) is 16.0. The fourth-order valence-corrected chi connectivity index (χ4v) is 5.32. The molecule has 2 aliphatic heterocycles. The summed E-state index contributed by atoms with van der Waals surface area (Å²) in [7, 11) is 0. The molecule has 2 fully saturated rings. The summed E-state index contributed by atoms with van der Waals surface area (Å²) in [5.41, 5.74) is -0.921. The number of amides is 2. The van der Waals surface area contributed by atoms with Crippen LogP contribution in [0.15, 0.2) is 48.5 Å². The van der Waals surface area contributed by atoms with E-state index in [0.29, 0.717) is 32.8 Å². The summed E-state index contributed by atoms with van der Waals surface area (Å²) >= 11 is 0. The van der Waals surface area contributed by atoms with Gasteiger partial charge in [0.05, 0.1) is 0 Å². The van der Waals surface area contributed by atoms with Crippen LogP contribution in [0.25, 0.3) is 0 Å². The van der Waals surface area contributed by atoms with Gasteiger partial charge in [-0.05, 0) is 103 Å². The molecule has 0 bridgehead atoms. The molecule has 49 heavy (non-hydrogen) atoms. The Kier molecular flexibility index (Phi) is 15.2. The molecular weight excluding hydrogens is 626 g/mol. The van der Waals surface area contributed by atoms with Crippen LogP contribution in [0.5, 0.6) is 23.0 Å². The van der Waals surface area contributed by atoms with Crippen molar-refractivity contribution in [2.24, 2.45) is 0 Å². The molecule has 2 aromatic carbocycles. The SMILES string of the molecule is CC(C)(C)OC(=O)N1CCC(Oc2ccc(O)cc2)CC1.CCN(CC)CCOc1ccc(OC2CCN(C(=O)OC(C)(C)C)CC2)cc1. The van der Waals surface area contributed by atoms with Gasteiger partial charge in [-0.3, -0.25) is 0 Å². The highest BCUT2D eigenvalue weighted by Crippen LogP contribution is 2.24. The molecule has 11 nitrogen and oxygen atoms in total. The Morgan fingerprint density at radius 1 is 0.673 bits per heavy atom. The highest BCUT2D eigenvalue weighted by atomic mass is 16.6. The number of benzene rings is 2. The second kappa shape index (κ2) is 18.8. The number of likely N-dealkylation sites (tertiary alicyclic amines) is 2. The molecule has 2 aromatic rings. The third kappa shape index (κ3) is 15.1. The van der Waals surface area contributed by atoms with E-state index in [1.54, 1.807) is 34.1 Å². The van der Waals surface area contributed by atoms with Gasteiger partial charge in [-0.15, -0.1) is 0 Å². The maximum absolute atomic E-state index is 12.1. The van der Waals surface area contributed by atoms with Gasteiger partial charge in [0.2, 0.25) is 0 Å². The first-order chi connectivity index (χ1) is 23.1. The third-order valence-electron chi connectivity index (χ3n) is 8.02. The van der Waals surface area contributed by atoms with Crippen molar-refractivity contribution < 1.29 is 38.4 Å². The predicted molar refractivity (Wildman–Crippen MR) is 191 cm³/mol. The minimum absolute atomic E-state index is 0.0910. The highest BCUT2D eigenvalue weighted by molar-refractivity contribution is 5.68. The van der Waals surface area contributed by atoms with E-state index in [1.165, 1.54) is 0 Å². The minimum atomic E-state index is -0.462.